The number of ether oxygens (including phenoxy) is 1. The first-order chi connectivity index (χ1) is 6.36. The van der Waals surface area contributed by atoms with Crippen molar-refractivity contribution >= 4 is 0 Å². The summed E-state index contributed by atoms with van der Waals surface area (Å²) in [5, 5.41) is 0. The van der Waals surface area contributed by atoms with Gasteiger partial charge in [0.05, 0.1) is 6.26 Å². The number of furan rings is 1. The van der Waals surface area contributed by atoms with Gasteiger partial charge < -0.3 is 14.9 Å². The van der Waals surface area contributed by atoms with Crippen molar-refractivity contribution in [2.45, 2.75) is 32.9 Å². The van der Waals surface area contributed by atoms with Crippen LogP contribution < -0.4 is 5.73 Å². The lowest BCUT2D eigenvalue weighted by Gasteiger charge is -1.98. The van der Waals surface area contributed by atoms with Crippen molar-refractivity contribution in [1.29, 1.82) is 0 Å². The normalized spacial score (nSPS) is 10.6. The SMILES string of the molecule is CCCCOCc1cc(CN)co1. The molecule has 74 valence electrons. The van der Waals surface area contributed by atoms with Crippen LogP contribution in [-0.2, 0) is 17.9 Å². The van der Waals surface area contributed by atoms with Crippen LogP contribution in [0.4, 0.5) is 0 Å². The van der Waals surface area contributed by atoms with E-state index < -0.39 is 0 Å². The molecule has 1 heterocycles. The monoisotopic (exact) mass is 183 g/mol. The van der Waals surface area contributed by atoms with Crippen LogP contribution >= 0.6 is 0 Å². The summed E-state index contributed by atoms with van der Waals surface area (Å²) in [6.45, 7) is 4.02. The van der Waals surface area contributed by atoms with E-state index in [2.05, 4.69) is 6.92 Å². The summed E-state index contributed by atoms with van der Waals surface area (Å²) < 4.78 is 10.6. The third-order valence-electron chi connectivity index (χ3n) is 1.83. The van der Waals surface area contributed by atoms with Crippen molar-refractivity contribution < 1.29 is 9.15 Å². The maximum absolute atomic E-state index is 5.44. The molecule has 0 radical (unpaired) electrons. The third-order valence-corrected chi connectivity index (χ3v) is 1.83. The molecule has 0 atom stereocenters. The van der Waals surface area contributed by atoms with Crippen molar-refractivity contribution in [3.05, 3.63) is 23.7 Å². The van der Waals surface area contributed by atoms with Crippen LogP contribution in [0.1, 0.15) is 31.1 Å². The van der Waals surface area contributed by atoms with Gasteiger partial charge in [-0.3, -0.25) is 0 Å². The molecule has 0 bridgehead atoms. The van der Waals surface area contributed by atoms with Crippen molar-refractivity contribution in [2.24, 2.45) is 5.73 Å². The summed E-state index contributed by atoms with van der Waals surface area (Å²) >= 11 is 0. The molecular weight excluding hydrogens is 166 g/mol. The van der Waals surface area contributed by atoms with E-state index in [-0.39, 0.29) is 0 Å². The van der Waals surface area contributed by atoms with Crippen molar-refractivity contribution in [1.82, 2.24) is 0 Å². The number of hydrogen-bond acceptors (Lipinski definition) is 3. The molecule has 0 amide bonds. The summed E-state index contributed by atoms with van der Waals surface area (Å²) in [7, 11) is 0. The first-order valence-electron chi connectivity index (χ1n) is 4.71. The molecule has 1 rings (SSSR count). The fourth-order valence-corrected chi connectivity index (χ4v) is 1.03. The molecule has 2 N–H and O–H groups in total. The zero-order valence-corrected chi connectivity index (χ0v) is 8.08. The Labute approximate surface area is 78.9 Å². The quantitative estimate of drug-likeness (QED) is 0.687. The number of nitrogens with two attached hydrogens (primary N) is 1. The molecular formula is C10H17NO2. The number of unbranched alkanes of at least 4 members (excludes halogenated alkanes) is 1. The second-order valence-electron chi connectivity index (χ2n) is 3.03. The summed E-state index contributed by atoms with van der Waals surface area (Å²) in [4.78, 5) is 0. The minimum Gasteiger partial charge on any atom is -0.467 e. The molecule has 1 aromatic rings. The first kappa shape index (κ1) is 10.3. The molecule has 0 aliphatic rings. The number of hydrogen-bond donors (Lipinski definition) is 1. The van der Waals surface area contributed by atoms with E-state index in [0.717, 1.165) is 30.8 Å². The molecule has 3 heteroatoms. The molecule has 3 nitrogen and oxygen atoms in total. The molecule has 13 heavy (non-hydrogen) atoms. The Hall–Kier alpha value is -0.800. The maximum Gasteiger partial charge on any atom is 0.129 e. The molecule has 0 spiro atoms. The van der Waals surface area contributed by atoms with Gasteiger partial charge in [0.1, 0.15) is 12.4 Å². The standard InChI is InChI=1S/C10H17NO2/c1-2-3-4-12-8-10-5-9(6-11)7-13-10/h5,7H,2-4,6,8,11H2,1H3. The van der Waals surface area contributed by atoms with Gasteiger partial charge >= 0.3 is 0 Å². The van der Waals surface area contributed by atoms with Crippen molar-refractivity contribution in [2.75, 3.05) is 6.61 Å². The van der Waals surface area contributed by atoms with Crippen LogP contribution in [0.25, 0.3) is 0 Å². The average molecular weight is 183 g/mol. The molecule has 0 aromatic carbocycles. The van der Waals surface area contributed by atoms with E-state index in [9.17, 15) is 0 Å². The fraction of sp³-hybridized carbons (Fsp3) is 0.600. The van der Waals surface area contributed by atoms with Crippen LogP contribution in [0, 0.1) is 0 Å². The van der Waals surface area contributed by atoms with E-state index in [1.807, 2.05) is 6.07 Å². The smallest absolute Gasteiger partial charge is 0.129 e. The second kappa shape index (κ2) is 5.78. The predicted molar refractivity (Wildman–Crippen MR) is 51.2 cm³/mol. The second-order valence-corrected chi connectivity index (χ2v) is 3.03. The zero-order valence-electron chi connectivity index (χ0n) is 8.08. The lowest BCUT2D eigenvalue weighted by atomic mass is 10.3. The van der Waals surface area contributed by atoms with Crippen molar-refractivity contribution in [3.8, 4) is 0 Å². The van der Waals surface area contributed by atoms with Crippen molar-refractivity contribution in [3.63, 3.8) is 0 Å². The van der Waals surface area contributed by atoms with Gasteiger partial charge in [-0.15, -0.1) is 0 Å². The Morgan fingerprint density at radius 3 is 3.00 bits per heavy atom. The van der Waals surface area contributed by atoms with Crippen LogP contribution in [0.5, 0.6) is 0 Å². The van der Waals surface area contributed by atoms with E-state index in [1.165, 1.54) is 0 Å². The van der Waals surface area contributed by atoms with Gasteiger partial charge in [-0.05, 0) is 12.5 Å². The summed E-state index contributed by atoms with van der Waals surface area (Å²) in [5.41, 5.74) is 6.46. The van der Waals surface area contributed by atoms with Crippen LogP contribution in [0.2, 0.25) is 0 Å². The molecule has 0 aliphatic carbocycles. The van der Waals surface area contributed by atoms with E-state index in [1.54, 1.807) is 6.26 Å². The minimum absolute atomic E-state index is 0.526. The molecule has 0 aliphatic heterocycles. The summed E-state index contributed by atoms with van der Waals surface area (Å²) in [6, 6.07) is 1.94. The third kappa shape index (κ3) is 3.61. The van der Waals surface area contributed by atoms with E-state index in [4.69, 9.17) is 14.9 Å². The van der Waals surface area contributed by atoms with Crippen LogP contribution in [0.3, 0.4) is 0 Å². The Balaban J connectivity index is 2.20. The largest absolute Gasteiger partial charge is 0.467 e. The Kier molecular flexibility index (Phi) is 4.57. The molecule has 0 saturated carbocycles. The predicted octanol–water partition coefficient (Wildman–Crippen LogP) is 2.05. The van der Waals surface area contributed by atoms with Gasteiger partial charge in [-0.1, -0.05) is 13.3 Å². The molecule has 1 aromatic heterocycles. The highest BCUT2D eigenvalue weighted by Gasteiger charge is 1.99. The molecule has 0 unspecified atom stereocenters. The molecule has 0 saturated heterocycles. The van der Waals surface area contributed by atoms with Gasteiger partial charge in [0.2, 0.25) is 0 Å². The Bertz CT molecular complexity index is 233. The summed E-state index contributed by atoms with van der Waals surface area (Å²) in [5.74, 6) is 0.858. The van der Waals surface area contributed by atoms with E-state index in [0.29, 0.717) is 13.2 Å². The maximum atomic E-state index is 5.44. The van der Waals surface area contributed by atoms with Gasteiger partial charge in [0, 0.05) is 18.7 Å². The highest BCUT2D eigenvalue weighted by Crippen LogP contribution is 2.08. The number of rotatable bonds is 6. The average Bonchev–Trinajstić information content (AvgIpc) is 2.60. The topological polar surface area (TPSA) is 48.4 Å². The van der Waals surface area contributed by atoms with Gasteiger partial charge in [-0.25, -0.2) is 0 Å². The van der Waals surface area contributed by atoms with Gasteiger partial charge in [0.25, 0.3) is 0 Å². The highest BCUT2D eigenvalue weighted by molar-refractivity contribution is 5.11. The Morgan fingerprint density at radius 2 is 2.38 bits per heavy atom. The lowest BCUT2D eigenvalue weighted by molar-refractivity contribution is 0.104. The Morgan fingerprint density at radius 1 is 1.54 bits per heavy atom. The van der Waals surface area contributed by atoms with E-state index >= 15 is 0 Å². The summed E-state index contributed by atoms with van der Waals surface area (Å²) in [6.07, 6.45) is 3.94. The van der Waals surface area contributed by atoms with Crippen LogP contribution in [0.15, 0.2) is 16.7 Å². The van der Waals surface area contributed by atoms with Gasteiger partial charge in [0.15, 0.2) is 0 Å². The van der Waals surface area contributed by atoms with Crippen LogP contribution in [-0.4, -0.2) is 6.61 Å². The fourth-order valence-electron chi connectivity index (χ4n) is 1.03. The zero-order chi connectivity index (χ0) is 9.52. The van der Waals surface area contributed by atoms with Gasteiger partial charge in [-0.2, -0.15) is 0 Å². The minimum atomic E-state index is 0.526. The lowest BCUT2D eigenvalue weighted by Crippen LogP contribution is -1.94. The molecule has 0 fully saturated rings. The first-order valence-corrected chi connectivity index (χ1v) is 4.71. The highest BCUT2D eigenvalue weighted by atomic mass is 16.5.